The highest BCUT2D eigenvalue weighted by Crippen LogP contribution is 2.28. The molecule has 2 rings (SSSR count). The van der Waals surface area contributed by atoms with Gasteiger partial charge in [0.05, 0.1) is 5.69 Å². The van der Waals surface area contributed by atoms with Crippen molar-refractivity contribution in [3.05, 3.63) is 59.0 Å². The number of rotatable bonds is 7. The number of carbonyl (C=O) groups excluding carboxylic acids is 1. The summed E-state index contributed by atoms with van der Waals surface area (Å²) in [6, 6.07) is 7.71. The van der Waals surface area contributed by atoms with Crippen LogP contribution in [0.4, 0.5) is 0 Å². The highest BCUT2D eigenvalue weighted by atomic mass is 32.2. The van der Waals surface area contributed by atoms with Crippen LogP contribution in [0.3, 0.4) is 0 Å². The number of carbonyl (C=O) groups is 1. The first-order valence-corrected chi connectivity index (χ1v) is 10.2. The van der Waals surface area contributed by atoms with Gasteiger partial charge in [-0.05, 0) is 30.0 Å². The quantitative estimate of drug-likeness (QED) is 0.550. The summed E-state index contributed by atoms with van der Waals surface area (Å²) in [5, 5.41) is -0.222. The molecular weight excluding hydrogens is 350 g/mol. The molecule has 26 heavy (non-hydrogen) atoms. The summed E-state index contributed by atoms with van der Waals surface area (Å²) in [6.45, 7) is 3.99. The van der Waals surface area contributed by atoms with Crippen molar-refractivity contribution in [3.63, 3.8) is 0 Å². The third kappa shape index (κ3) is 4.54. The van der Waals surface area contributed by atoms with Gasteiger partial charge in [-0.15, -0.1) is 0 Å². The van der Waals surface area contributed by atoms with Crippen molar-refractivity contribution >= 4 is 21.8 Å². The third-order valence-electron chi connectivity index (χ3n) is 3.88. The van der Waals surface area contributed by atoms with E-state index in [2.05, 4.69) is 9.97 Å². The number of hydrogen-bond acceptors (Lipinski definition) is 5. The average Bonchev–Trinajstić information content (AvgIpc) is 2.60. The van der Waals surface area contributed by atoms with Crippen LogP contribution in [0.25, 0.3) is 5.57 Å². The van der Waals surface area contributed by atoms with Crippen molar-refractivity contribution < 1.29 is 13.2 Å². The zero-order valence-electron chi connectivity index (χ0n) is 15.4. The van der Waals surface area contributed by atoms with E-state index in [1.807, 2.05) is 38.1 Å². The Hall–Kier alpha value is -2.54. The molecule has 0 saturated carbocycles. The first kappa shape index (κ1) is 19.8. The SMILES string of the molecule is CCCc1cnc(S(C)(=O)=O)nc1/C(=C/N(C)C=O)c1ccccc1C. The predicted molar refractivity (Wildman–Crippen MR) is 101 cm³/mol. The van der Waals surface area contributed by atoms with Crippen LogP contribution in [-0.4, -0.2) is 43.0 Å². The first-order chi connectivity index (χ1) is 12.3. The van der Waals surface area contributed by atoms with Gasteiger partial charge in [0.15, 0.2) is 0 Å². The van der Waals surface area contributed by atoms with Gasteiger partial charge in [0.2, 0.25) is 21.4 Å². The fourth-order valence-electron chi connectivity index (χ4n) is 2.62. The van der Waals surface area contributed by atoms with Gasteiger partial charge < -0.3 is 4.90 Å². The van der Waals surface area contributed by atoms with Crippen LogP contribution in [-0.2, 0) is 21.1 Å². The van der Waals surface area contributed by atoms with Crippen molar-refractivity contribution in [3.8, 4) is 0 Å². The Morgan fingerprint density at radius 1 is 1.27 bits per heavy atom. The smallest absolute Gasteiger partial charge is 0.247 e. The fraction of sp³-hybridized carbons (Fsp3) is 0.316. The number of aromatic nitrogens is 2. The molecule has 0 atom stereocenters. The summed E-state index contributed by atoms with van der Waals surface area (Å²) < 4.78 is 23.9. The normalized spacial score (nSPS) is 12.1. The molecule has 6 nitrogen and oxygen atoms in total. The zero-order valence-corrected chi connectivity index (χ0v) is 16.2. The van der Waals surface area contributed by atoms with Crippen LogP contribution >= 0.6 is 0 Å². The Morgan fingerprint density at radius 2 is 1.96 bits per heavy atom. The Balaban J connectivity index is 2.80. The molecule has 0 radical (unpaired) electrons. The van der Waals surface area contributed by atoms with E-state index in [-0.39, 0.29) is 5.16 Å². The van der Waals surface area contributed by atoms with E-state index in [4.69, 9.17) is 0 Å². The summed E-state index contributed by atoms with van der Waals surface area (Å²) in [4.78, 5) is 20.9. The van der Waals surface area contributed by atoms with E-state index in [1.165, 1.54) is 4.90 Å². The molecule has 0 aliphatic rings. The van der Waals surface area contributed by atoms with Crippen molar-refractivity contribution in [1.29, 1.82) is 0 Å². The number of benzene rings is 1. The second-order valence-corrected chi connectivity index (χ2v) is 8.09. The van der Waals surface area contributed by atoms with E-state index < -0.39 is 9.84 Å². The molecule has 0 unspecified atom stereocenters. The summed E-state index contributed by atoms with van der Waals surface area (Å²) in [6.07, 6.45) is 6.57. The monoisotopic (exact) mass is 373 g/mol. The van der Waals surface area contributed by atoms with E-state index in [1.54, 1.807) is 19.4 Å². The summed E-state index contributed by atoms with van der Waals surface area (Å²) in [5.41, 5.74) is 3.95. The average molecular weight is 373 g/mol. The molecule has 1 aromatic heterocycles. The summed E-state index contributed by atoms with van der Waals surface area (Å²) in [7, 11) is -1.92. The third-order valence-corrected chi connectivity index (χ3v) is 4.74. The number of hydrogen-bond donors (Lipinski definition) is 0. The number of nitrogens with zero attached hydrogens (tertiary/aromatic N) is 3. The minimum atomic E-state index is -3.55. The van der Waals surface area contributed by atoms with E-state index in [0.717, 1.165) is 29.4 Å². The Labute approximate surface area is 154 Å². The molecule has 1 amide bonds. The molecule has 1 heterocycles. The minimum absolute atomic E-state index is 0.222. The van der Waals surface area contributed by atoms with Crippen molar-refractivity contribution in [2.75, 3.05) is 13.3 Å². The lowest BCUT2D eigenvalue weighted by Gasteiger charge is -2.17. The summed E-state index contributed by atoms with van der Waals surface area (Å²) in [5.74, 6) is 0. The molecule has 138 valence electrons. The van der Waals surface area contributed by atoms with E-state index >= 15 is 0 Å². The van der Waals surface area contributed by atoms with E-state index in [0.29, 0.717) is 24.1 Å². The van der Waals surface area contributed by atoms with Crippen molar-refractivity contribution in [2.45, 2.75) is 31.8 Å². The maximum Gasteiger partial charge on any atom is 0.247 e. The molecule has 1 aromatic carbocycles. The Morgan fingerprint density at radius 3 is 2.54 bits per heavy atom. The lowest BCUT2D eigenvalue weighted by Crippen LogP contribution is -2.13. The first-order valence-electron chi connectivity index (χ1n) is 8.29. The lowest BCUT2D eigenvalue weighted by atomic mass is 9.95. The van der Waals surface area contributed by atoms with Gasteiger partial charge in [-0.25, -0.2) is 18.4 Å². The predicted octanol–water partition coefficient (Wildman–Crippen LogP) is 2.62. The zero-order chi connectivity index (χ0) is 19.3. The van der Waals surface area contributed by atoms with Crippen LogP contribution in [0.1, 0.15) is 35.7 Å². The lowest BCUT2D eigenvalue weighted by molar-refractivity contribution is -0.114. The number of aryl methyl sites for hydroxylation is 2. The Kier molecular flexibility index (Phi) is 6.26. The molecule has 0 N–H and O–H groups in total. The van der Waals surface area contributed by atoms with Gasteiger partial charge >= 0.3 is 0 Å². The van der Waals surface area contributed by atoms with Gasteiger partial charge in [-0.2, -0.15) is 0 Å². The maximum atomic E-state index is 11.9. The van der Waals surface area contributed by atoms with Crippen LogP contribution < -0.4 is 0 Å². The molecule has 2 aromatic rings. The topological polar surface area (TPSA) is 80.2 Å². The van der Waals surface area contributed by atoms with Crippen LogP contribution in [0.5, 0.6) is 0 Å². The van der Waals surface area contributed by atoms with Gasteiger partial charge in [0, 0.05) is 31.3 Å². The second-order valence-electron chi connectivity index (χ2n) is 6.18. The van der Waals surface area contributed by atoms with Gasteiger partial charge in [0.1, 0.15) is 0 Å². The highest BCUT2D eigenvalue weighted by Gasteiger charge is 2.19. The summed E-state index contributed by atoms with van der Waals surface area (Å²) >= 11 is 0. The van der Waals surface area contributed by atoms with Crippen LogP contribution in [0, 0.1) is 6.92 Å². The largest absolute Gasteiger partial charge is 0.324 e. The van der Waals surface area contributed by atoms with Crippen LogP contribution in [0.2, 0.25) is 0 Å². The van der Waals surface area contributed by atoms with Gasteiger partial charge in [0.25, 0.3) is 0 Å². The molecular formula is C19H23N3O3S. The minimum Gasteiger partial charge on any atom is -0.324 e. The number of amides is 1. The molecule has 0 fully saturated rings. The van der Waals surface area contributed by atoms with E-state index in [9.17, 15) is 13.2 Å². The van der Waals surface area contributed by atoms with Crippen molar-refractivity contribution in [2.24, 2.45) is 0 Å². The highest BCUT2D eigenvalue weighted by molar-refractivity contribution is 7.90. The Bertz CT molecular complexity index is 937. The van der Waals surface area contributed by atoms with Crippen molar-refractivity contribution in [1.82, 2.24) is 14.9 Å². The molecule has 0 aliphatic heterocycles. The number of sulfone groups is 1. The van der Waals surface area contributed by atoms with Gasteiger partial charge in [-0.1, -0.05) is 37.6 Å². The molecule has 0 spiro atoms. The fourth-order valence-corrected chi connectivity index (χ4v) is 3.12. The van der Waals surface area contributed by atoms with Crippen LogP contribution in [0.15, 0.2) is 41.8 Å². The molecule has 0 aliphatic carbocycles. The molecule has 7 heteroatoms. The standard InChI is InChI=1S/C19H23N3O3S/c1-5-8-15-11-20-19(26(4,24)25)21-18(15)17(12-22(3)13-23)16-10-7-6-9-14(16)2/h6-7,9-13H,5,8H2,1-4H3/b17-12+. The maximum absolute atomic E-state index is 11.9. The molecule has 0 saturated heterocycles. The molecule has 0 bridgehead atoms. The van der Waals surface area contributed by atoms with Gasteiger partial charge in [-0.3, -0.25) is 4.79 Å². The second kappa shape index (κ2) is 8.23.